The maximum Gasteiger partial charge on any atom is 0.243 e. The van der Waals surface area contributed by atoms with Gasteiger partial charge in [0, 0.05) is 25.2 Å². The third kappa shape index (κ3) is 2.73. The Hall–Kier alpha value is -0.980. The van der Waals surface area contributed by atoms with E-state index >= 15 is 0 Å². The average molecular weight is 300 g/mol. The van der Waals surface area contributed by atoms with Crippen LogP contribution >= 0.6 is 0 Å². The van der Waals surface area contributed by atoms with Crippen molar-refractivity contribution in [3.63, 3.8) is 0 Å². The Morgan fingerprint density at radius 3 is 2.50 bits per heavy atom. The van der Waals surface area contributed by atoms with Crippen LogP contribution in [0.15, 0.2) is 17.0 Å². The van der Waals surface area contributed by atoms with Crippen LogP contribution in [0.4, 0.5) is 4.39 Å². The second kappa shape index (κ2) is 5.79. The predicted molar refractivity (Wildman–Crippen MR) is 76.2 cm³/mol. The van der Waals surface area contributed by atoms with Crippen molar-refractivity contribution in [1.82, 2.24) is 4.31 Å². The molecule has 0 spiro atoms. The molecule has 0 heterocycles. The molecule has 0 amide bonds. The number of benzene rings is 1. The van der Waals surface area contributed by atoms with Gasteiger partial charge in [-0.25, -0.2) is 12.8 Å². The molecular weight excluding hydrogens is 279 g/mol. The van der Waals surface area contributed by atoms with Gasteiger partial charge in [0.25, 0.3) is 0 Å². The van der Waals surface area contributed by atoms with Crippen LogP contribution in [0.1, 0.15) is 36.8 Å². The highest BCUT2D eigenvalue weighted by molar-refractivity contribution is 7.89. The number of halogens is 1. The zero-order chi connectivity index (χ0) is 14.9. The van der Waals surface area contributed by atoms with Gasteiger partial charge in [-0.05, 0) is 37.5 Å². The van der Waals surface area contributed by atoms with Crippen LogP contribution in [0, 0.1) is 12.7 Å². The molecule has 1 aromatic rings. The quantitative estimate of drug-likeness (QED) is 0.926. The second-order valence-corrected chi connectivity index (χ2v) is 7.37. The largest absolute Gasteiger partial charge is 0.326 e. The highest BCUT2D eigenvalue weighted by atomic mass is 32.2. The van der Waals surface area contributed by atoms with E-state index in [4.69, 9.17) is 5.73 Å². The zero-order valence-corrected chi connectivity index (χ0v) is 12.7. The third-order valence-corrected chi connectivity index (χ3v) is 5.93. The summed E-state index contributed by atoms with van der Waals surface area (Å²) in [5.41, 5.74) is 6.03. The van der Waals surface area contributed by atoms with Gasteiger partial charge in [0.15, 0.2) is 0 Å². The molecule has 4 nitrogen and oxygen atoms in total. The lowest BCUT2D eigenvalue weighted by Crippen LogP contribution is -2.35. The minimum absolute atomic E-state index is 0.0107. The normalized spacial score (nSPS) is 17.1. The van der Waals surface area contributed by atoms with Crippen molar-refractivity contribution >= 4 is 10.0 Å². The summed E-state index contributed by atoms with van der Waals surface area (Å²) in [6, 6.07) is 2.78. The molecule has 0 aromatic heterocycles. The molecule has 0 saturated heterocycles. The first-order valence-electron chi connectivity index (χ1n) is 6.85. The van der Waals surface area contributed by atoms with Crippen LogP contribution in [0.25, 0.3) is 0 Å². The Kier molecular flexibility index (Phi) is 4.46. The van der Waals surface area contributed by atoms with Gasteiger partial charge in [0.05, 0.1) is 4.90 Å². The molecule has 20 heavy (non-hydrogen) atoms. The number of hydrogen-bond acceptors (Lipinski definition) is 3. The van der Waals surface area contributed by atoms with Crippen LogP contribution in [0.5, 0.6) is 0 Å². The minimum Gasteiger partial charge on any atom is -0.326 e. The fourth-order valence-corrected chi connectivity index (χ4v) is 4.29. The van der Waals surface area contributed by atoms with E-state index in [-0.39, 0.29) is 23.0 Å². The molecular formula is C14H21FN2O2S. The second-order valence-electron chi connectivity index (χ2n) is 5.38. The summed E-state index contributed by atoms with van der Waals surface area (Å²) in [5.74, 6) is -0.421. The van der Waals surface area contributed by atoms with Gasteiger partial charge in [-0.15, -0.1) is 0 Å². The van der Waals surface area contributed by atoms with E-state index in [9.17, 15) is 12.8 Å². The van der Waals surface area contributed by atoms with Crippen LogP contribution < -0.4 is 5.73 Å². The van der Waals surface area contributed by atoms with Gasteiger partial charge >= 0.3 is 0 Å². The lowest BCUT2D eigenvalue weighted by atomic mass is 10.1. The molecule has 1 aliphatic carbocycles. The molecule has 0 unspecified atom stereocenters. The molecule has 112 valence electrons. The lowest BCUT2D eigenvalue weighted by molar-refractivity contribution is 0.373. The Labute approximate surface area is 119 Å². The van der Waals surface area contributed by atoms with Crippen molar-refractivity contribution in [1.29, 1.82) is 0 Å². The fraction of sp³-hybridized carbons (Fsp3) is 0.571. The molecule has 1 saturated carbocycles. The number of hydrogen-bond donors (Lipinski definition) is 1. The molecule has 0 radical (unpaired) electrons. The number of aryl methyl sites for hydroxylation is 1. The maximum absolute atomic E-state index is 13.8. The van der Waals surface area contributed by atoms with Gasteiger partial charge in [-0.1, -0.05) is 12.8 Å². The summed E-state index contributed by atoms with van der Waals surface area (Å²) >= 11 is 0. The number of rotatable bonds is 4. The Balaban J connectivity index is 2.41. The summed E-state index contributed by atoms with van der Waals surface area (Å²) in [4.78, 5) is 0.131. The molecule has 2 rings (SSSR count). The Morgan fingerprint density at radius 1 is 1.35 bits per heavy atom. The molecule has 0 atom stereocenters. The molecule has 2 N–H and O–H groups in total. The molecule has 1 fully saturated rings. The maximum atomic E-state index is 13.8. The first kappa shape index (κ1) is 15.4. The summed E-state index contributed by atoms with van der Waals surface area (Å²) in [6.07, 6.45) is 3.89. The third-order valence-electron chi connectivity index (χ3n) is 4.04. The first-order valence-corrected chi connectivity index (χ1v) is 8.29. The highest BCUT2D eigenvalue weighted by Crippen LogP contribution is 2.28. The average Bonchev–Trinajstić information content (AvgIpc) is 2.94. The smallest absolute Gasteiger partial charge is 0.243 e. The molecule has 6 heteroatoms. The van der Waals surface area contributed by atoms with Crippen LogP contribution in [-0.4, -0.2) is 25.8 Å². The lowest BCUT2D eigenvalue weighted by Gasteiger charge is -2.24. The molecule has 0 bridgehead atoms. The summed E-state index contributed by atoms with van der Waals surface area (Å²) in [5, 5.41) is 0. The van der Waals surface area contributed by atoms with Gasteiger partial charge in [-0.3, -0.25) is 0 Å². The highest BCUT2D eigenvalue weighted by Gasteiger charge is 2.30. The number of sulfonamides is 1. The number of nitrogens with two attached hydrogens (primary N) is 1. The van der Waals surface area contributed by atoms with E-state index in [1.165, 1.54) is 16.4 Å². The minimum atomic E-state index is -3.58. The van der Waals surface area contributed by atoms with Crippen LogP contribution in [0.2, 0.25) is 0 Å². The van der Waals surface area contributed by atoms with E-state index in [0.717, 1.165) is 25.7 Å². The van der Waals surface area contributed by atoms with E-state index in [0.29, 0.717) is 5.56 Å². The predicted octanol–water partition coefficient (Wildman–Crippen LogP) is 2.16. The standard InChI is InChI=1S/C14H21FN2O2S/c1-10-7-13(8-11(9-16)14(10)15)20(18,19)17(2)12-5-3-4-6-12/h7-8,12H,3-6,9,16H2,1-2H3. The SMILES string of the molecule is Cc1cc(S(=O)(=O)N(C)C2CCCC2)cc(CN)c1F. The van der Waals surface area contributed by atoms with Gasteiger partial charge in [0.2, 0.25) is 10.0 Å². The summed E-state index contributed by atoms with van der Waals surface area (Å²) in [6.45, 7) is 1.55. The fourth-order valence-electron chi connectivity index (χ4n) is 2.73. The van der Waals surface area contributed by atoms with Crippen molar-refractivity contribution in [3.05, 3.63) is 29.1 Å². The van der Waals surface area contributed by atoms with E-state index in [2.05, 4.69) is 0 Å². The van der Waals surface area contributed by atoms with Crippen molar-refractivity contribution in [2.75, 3.05) is 7.05 Å². The van der Waals surface area contributed by atoms with Crippen molar-refractivity contribution in [2.45, 2.75) is 50.1 Å². The van der Waals surface area contributed by atoms with E-state index < -0.39 is 15.8 Å². The summed E-state index contributed by atoms with van der Waals surface area (Å²) < 4.78 is 40.4. The van der Waals surface area contributed by atoms with E-state index in [1.807, 2.05) is 0 Å². The molecule has 1 aromatic carbocycles. The van der Waals surface area contributed by atoms with Crippen molar-refractivity contribution < 1.29 is 12.8 Å². The van der Waals surface area contributed by atoms with Crippen molar-refractivity contribution in [3.8, 4) is 0 Å². The van der Waals surface area contributed by atoms with E-state index in [1.54, 1.807) is 14.0 Å². The first-order chi connectivity index (χ1) is 9.37. The summed E-state index contributed by atoms with van der Waals surface area (Å²) in [7, 11) is -1.98. The van der Waals surface area contributed by atoms with Crippen molar-refractivity contribution in [2.24, 2.45) is 5.73 Å². The van der Waals surface area contributed by atoms with Crippen LogP contribution in [0.3, 0.4) is 0 Å². The zero-order valence-electron chi connectivity index (χ0n) is 11.9. The topological polar surface area (TPSA) is 63.4 Å². The van der Waals surface area contributed by atoms with Gasteiger partial charge < -0.3 is 5.73 Å². The van der Waals surface area contributed by atoms with Crippen LogP contribution in [-0.2, 0) is 16.6 Å². The number of nitrogens with zero attached hydrogens (tertiary/aromatic N) is 1. The molecule has 0 aliphatic heterocycles. The van der Waals surface area contributed by atoms with Gasteiger partial charge in [-0.2, -0.15) is 4.31 Å². The Morgan fingerprint density at radius 2 is 1.95 bits per heavy atom. The Bertz CT molecular complexity index is 595. The van der Waals surface area contributed by atoms with Gasteiger partial charge in [0.1, 0.15) is 5.82 Å². The monoisotopic (exact) mass is 300 g/mol. The molecule has 1 aliphatic rings.